The number of benzene rings is 2. The minimum absolute atomic E-state index is 0.390. The van der Waals surface area contributed by atoms with Crippen LogP contribution < -0.4 is 5.32 Å². The highest BCUT2D eigenvalue weighted by Gasteiger charge is 2.11. The van der Waals surface area contributed by atoms with Gasteiger partial charge in [0, 0.05) is 0 Å². The fourth-order valence-corrected chi connectivity index (χ4v) is 2.26. The van der Waals surface area contributed by atoms with Gasteiger partial charge in [-0.05, 0) is 24.3 Å². The van der Waals surface area contributed by atoms with E-state index in [0.29, 0.717) is 28.4 Å². The zero-order chi connectivity index (χ0) is 14.7. The Labute approximate surface area is 131 Å². The number of halogens is 2. The van der Waals surface area contributed by atoms with Gasteiger partial charge in [0.2, 0.25) is 11.8 Å². The second kappa shape index (κ2) is 6.16. The molecule has 0 bridgehead atoms. The van der Waals surface area contributed by atoms with Crippen LogP contribution in [0.4, 0.5) is 5.69 Å². The summed E-state index contributed by atoms with van der Waals surface area (Å²) >= 11 is 12.2. The Balaban J connectivity index is 1.74. The monoisotopic (exact) mass is 319 g/mol. The first-order valence-corrected chi connectivity index (χ1v) is 7.05. The van der Waals surface area contributed by atoms with Crippen molar-refractivity contribution in [1.82, 2.24) is 10.2 Å². The van der Waals surface area contributed by atoms with Crippen LogP contribution in [0.25, 0.3) is 11.5 Å². The van der Waals surface area contributed by atoms with E-state index in [0.717, 1.165) is 11.3 Å². The van der Waals surface area contributed by atoms with Crippen molar-refractivity contribution in [3.63, 3.8) is 0 Å². The van der Waals surface area contributed by atoms with E-state index in [1.807, 2.05) is 42.5 Å². The largest absolute Gasteiger partial charge is 0.419 e. The number of nitrogens with zero attached hydrogens (tertiary/aromatic N) is 2. The predicted molar refractivity (Wildman–Crippen MR) is 83.5 cm³/mol. The third-order valence-electron chi connectivity index (χ3n) is 2.88. The number of rotatable bonds is 4. The summed E-state index contributed by atoms with van der Waals surface area (Å²) in [4.78, 5) is 0. The molecule has 6 heteroatoms. The molecule has 0 aliphatic carbocycles. The molecule has 0 saturated carbocycles. The van der Waals surface area contributed by atoms with Gasteiger partial charge in [0.05, 0.1) is 27.8 Å². The minimum Gasteiger partial charge on any atom is -0.419 e. The number of hydrogen-bond acceptors (Lipinski definition) is 4. The topological polar surface area (TPSA) is 51.0 Å². The number of aromatic nitrogens is 2. The highest BCUT2D eigenvalue weighted by molar-refractivity contribution is 6.33. The predicted octanol–water partition coefficient (Wildman–Crippen LogP) is 4.66. The molecule has 2 aromatic carbocycles. The van der Waals surface area contributed by atoms with E-state index in [9.17, 15) is 0 Å². The van der Waals surface area contributed by atoms with Crippen molar-refractivity contribution in [3.8, 4) is 11.5 Å². The molecule has 0 aliphatic heterocycles. The number of anilines is 1. The molecule has 0 amide bonds. The molecule has 106 valence electrons. The molecule has 0 fully saturated rings. The second-order valence-corrected chi connectivity index (χ2v) is 5.13. The quantitative estimate of drug-likeness (QED) is 0.760. The molecular formula is C15H11Cl2N3O. The van der Waals surface area contributed by atoms with Crippen molar-refractivity contribution in [2.24, 2.45) is 0 Å². The van der Waals surface area contributed by atoms with E-state index >= 15 is 0 Å². The number of nitrogens with one attached hydrogen (secondary N) is 1. The fourth-order valence-electron chi connectivity index (χ4n) is 1.84. The van der Waals surface area contributed by atoms with Gasteiger partial charge in [0.1, 0.15) is 0 Å². The van der Waals surface area contributed by atoms with Gasteiger partial charge in [-0.2, -0.15) is 0 Å². The third kappa shape index (κ3) is 3.17. The lowest BCUT2D eigenvalue weighted by Crippen LogP contribution is -1.99. The standard InChI is InChI=1S/C15H11Cl2N3O/c16-11-6-2-1-5-10(11)15-20-19-14(21-15)9-18-13-8-4-3-7-12(13)17/h1-8,18H,9H2. The normalized spacial score (nSPS) is 10.6. The summed E-state index contributed by atoms with van der Waals surface area (Å²) < 4.78 is 5.60. The lowest BCUT2D eigenvalue weighted by Gasteiger charge is -2.04. The van der Waals surface area contributed by atoms with Gasteiger partial charge < -0.3 is 9.73 Å². The van der Waals surface area contributed by atoms with Crippen LogP contribution in [0.3, 0.4) is 0 Å². The molecule has 1 heterocycles. The summed E-state index contributed by atoms with van der Waals surface area (Å²) in [5, 5.41) is 12.4. The van der Waals surface area contributed by atoms with Crippen LogP contribution in [-0.4, -0.2) is 10.2 Å². The molecule has 3 aromatic rings. The lowest BCUT2D eigenvalue weighted by molar-refractivity contribution is 0.515. The van der Waals surface area contributed by atoms with Crippen molar-refractivity contribution in [2.75, 3.05) is 5.32 Å². The van der Waals surface area contributed by atoms with E-state index in [-0.39, 0.29) is 0 Å². The van der Waals surface area contributed by atoms with Crippen LogP contribution in [-0.2, 0) is 6.54 Å². The van der Waals surface area contributed by atoms with Crippen molar-refractivity contribution in [1.29, 1.82) is 0 Å². The summed E-state index contributed by atoms with van der Waals surface area (Å²) in [7, 11) is 0. The van der Waals surface area contributed by atoms with E-state index in [1.165, 1.54) is 0 Å². The molecular weight excluding hydrogens is 309 g/mol. The molecule has 0 spiro atoms. The van der Waals surface area contributed by atoms with Gasteiger partial charge in [-0.25, -0.2) is 0 Å². The summed E-state index contributed by atoms with van der Waals surface area (Å²) in [6, 6.07) is 14.8. The Morgan fingerprint density at radius 1 is 0.905 bits per heavy atom. The van der Waals surface area contributed by atoms with Crippen molar-refractivity contribution < 1.29 is 4.42 Å². The van der Waals surface area contributed by atoms with Crippen LogP contribution in [0.5, 0.6) is 0 Å². The molecule has 3 rings (SSSR count). The SMILES string of the molecule is Clc1ccccc1NCc1nnc(-c2ccccc2Cl)o1. The Hall–Kier alpha value is -2.04. The van der Waals surface area contributed by atoms with E-state index in [4.69, 9.17) is 27.6 Å². The van der Waals surface area contributed by atoms with Crippen LogP contribution in [0, 0.1) is 0 Å². The molecule has 0 unspecified atom stereocenters. The minimum atomic E-state index is 0.390. The van der Waals surface area contributed by atoms with E-state index < -0.39 is 0 Å². The summed E-state index contributed by atoms with van der Waals surface area (Å²) in [6.07, 6.45) is 0. The third-order valence-corrected chi connectivity index (χ3v) is 3.53. The average Bonchev–Trinajstić information content (AvgIpc) is 2.96. The smallest absolute Gasteiger partial charge is 0.249 e. The molecule has 21 heavy (non-hydrogen) atoms. The van der Waals surface area contributed by atoms with Gasteiger partial charge in [-0.15, -0.1) is 10.2 Å². The van der Waals surface area contributed by atoms with Gasteiger partial charge in [-0.3, -0.25) is 0 Å². The molecule has 0 saturated heterocycles. The molecule has 1 aromatic heterocycles. The van der Waals surface area contributed by atoms with E-state index in [2.05, 4.69) is 15.5 Å². The maximum Gasteiger partial charge on any atom is 0.249 e. The number of para-hydroxylation sites is 1. The number of hydrogen-bond donors (Lipinski definition) is 1. The maximum absolute atomic E-state index is 6.10. The van der Waals surface area contributed by atoms with Crippen LogP contribution >= 0.6 is 23.2 Å². The van der Waals surface area contributed by atoms with Crippen LogP contribution in [0.1, 0.15) is 5.89 Å². The first kappa shape index (κ1) is 13.9. The Bertz CT molecular complexity index is 758. The molecule has 0 aliphatic rings. The van der Waals surface area contributed by atoms with Crippen molar-refractivity contribution >= 4 is 28.9 Å². The average molecular weight is 320 g/mol. The maximum atomic E-state index is 6.10. The highest BCUT2D eigenvalue weighted by Crippen LogP contribution is 2.26. The van der Waals surface area contributed by atoms with Gasteiger partial charge in [0.15, 0.2) is 0 Å². The zero-order valence-corrected chi connectivity index (χ0v) is 12.4. The molecule has 0 radical (unpaired) electrons. The Kier molecular flexibility index (Phi) is 4.08. The summed E-state index contributed by atoms with van der Waals surface area (Å²) in [5.41, 5.74) is 1.53. The molecule has 1 N–H and O–H groups in total. The Morgan fingerprint density at radius 2 is 1.62 bits per heavy atom. The van der Waals surface area contributed by atoms with Crippen LogP contribution in [0.15, 0.2) is 52.9 Å². The van der Waals surface area contributed by atoms with Crippen molar-refractivity contribution in [3.05, 3.63) is 64.5 Å². The van der Waals surface area contributed by atoms with Crippen LogP contribution in [0.2, 0.25) is 10.0 Å². The van der Waals surface area contributed by atoms with Gasteiger partial charge in [0.25, 0.3) is 0 Å². The fraction of sp³-hybridized carbons (Fsp3) is 0.0667. The first-order chi connectivity index (χ1) is 10.2. The highest BCUT2D eigenvalue weighted by atomic mass is 35.5. The molecule has 4 nitrogen and oxygen atoms in total. The van der Waals surface area contributed by atoms with Gasteiger partial charge in [-0.1, -0.05) is 47.5 Å². The second-order valence-electron chi connectivity index (χ2n) is 4.31. The lowest BCUT2D eigenvalue weighted by atomic mass is 10.2. The van der Waals surface area contributed by atoms with Crippen molar-refractivity contribution in [2.45, 2.75) is 6.54 Å². The summed E-state index contributed by atoms with van der Waals surface area (Å²) in [6.45, 7) is 0.390. The van der Waals surface area contributed by atoms with E-state index in [1.54, 1.807) is 6.07 Å². The summed E-state index contributed by atoms with van der Waals surface area (Å²) in [5.74, 6) is 0.862. The first-order valence-electron chi connectivity index (χ1n) is 6.30. The van der Waals surface area contributed by atoms with Gasteiger partial charge >= 0.3 is 0 Å². The molecule has 0 atom stereocenters. The zero-order valence-electron chi connectivity index (χ0n) is 10.9. The Morgan fingerprint density at radius 3 is 2.38 bits per heavy atom.